The molecule has 0 aliphatic carbocycles. The van der Waals surface area contributed by atoms with Gasteiger partial charge in [0.1, 0.15) is 31.8 Å². The third-order valence-electron chi connectivity index (χ3n) is 4.65. The Balaban J connectivity index is 2.90. The molecule has 1 rings (SSSR count). The third-order valence-corrected chi connectivity index (χ3v) is 6.37. The number of para-hydroxylation sites is 1. The van der Waals surface area contributed by atoms with E-state index in [1.165, 1.54) is 6.07 Å². The number of carbonyl (C=O) groups excluding carboxylic acids is 4. The summed E-state index contributed by atoms with van der Waals surface area (Å²) in [6.07, 6.45) is 0.0130. The van der Waals surface area contributed by atoms with Crippen LogP contribution in [0.5, 0.6) is 11.5 Å². The van der Waals surface area contributed by atoms with Gasteiger partial charge in [-0.2, -0.15) is 37.9 Å². The van der Waals surface area contributed by atoms with E-state index in [1.54, 1.807) is 12.1 Å². The maximum Gasteiger partial charge on any atom is 0.306 e. The summed E-state index contributed by atoms with van der Waals surface area (Å²) in [6, 6.07) is 4.49. The number of ether oxygens (including phenoxy) is 4. The fourth-order valence-electron chi connectivity index (χ4n) is 2.62. The number of hydrogen-bond acceptors (Lipinski definition) is 14. The first-order valence-corrected chi connectivity index (χ1v) is 14.1. The molecule has 10 nitrogen and oxygen atoms in total. The van der Waals surface area contributed by atoms with Gasteiger partial charge in [0.05, 0.1) is 30.6 Å². The molecule has 14 heteroatoms. The number of rotatable bonds is 18. The molecule has 2 N–H and O–H groups in total. The monoisotopic (exact) mass is 596 g/mol. The van der Waals surface area contributed by atoms with Gasteiger partial charge in [-0.05, 0) is 12.1 Å². The second-order valence-corrected chi connectivity index (χ2v) is 10.3. The molecule has 0 heterocycles. The maximum atomic E-state index is 12.5. The van der Waals surface area contributed by atoms with Gasteiger partial charge in [-0.1, -0.05) is 6.07 Å². The first-order valence-electron chi connectivity index (χ1n) is 11.2. The number of thioether (sulfide) groups is 1. The summed E-state index contributed by atoms with van der Waals surface area (Å²) in [5.74, 6) is -1.92. The van der Waals surface area contributed by atoms with Crippen LogP contribution < -0.4 is 0 Å². The molecule has 0 fully saturated rings. The van der Waals surface area contributed by atoms with E-state index in [2.05, 4.69) is 37.9 Å². The van der Waals surface area contributed by atoms with E-state index in [0.29, 0.717) is 4.90 Å². The molecular weight excluding hydrogens is 565 g/mol. The molecule has 0 aliphatic heterocycles. The molecule has 208 valence electrons. The van der Waals surface area contributed by atoms with Gasteiger partial charge < -0.3 is 29.2 Å². The summed E-state index contributed by atoms with van der Waals surface area (Å²) >= 11 is 13.1. The molecule has 0 spiro atoms. The molecule has 0 saturated carbocycles. The summed E-state index contributed by atoms with van der Waals surface area (Å²) < 4.78 is 21.2. The normalized spacial score (nSPS) is 11.0. The van der Waals surface area contributed by atoms with Crippen molar-refractivity contribution in [3.63, 3.8) is 0 Å². The predicted octanol–water partition coefficient (Wildman–Crippen LogP) is 2.70. The Bertz CT molecular complexity index is 841. The SMILES string of the molecule is O=C(CCS)OCC(COC(=O)CCS)(COC(=O)CCS)COC(=O)CCSc1cccc(O)c1O. The molecule has 1 aromatic carbocycles. The molecule has 0 aromatic heterocycles. The van der Waals surface area contributed by atoms with Crippen LogP contribution in [0.25, 0.3) is 0 Å². The van der Waals surface area contributed by atoms with Gasteiger partial charge in [-0.15, -0.1) is 11.8 Å². The molecule has 1 aromatic rings. The summed E-state index contributed by atoms with van der Waals surface area (Å²) in [7, 11) is 0. The van der Waals surface area contributed by atoms with Gasteiger partial charge in [0.2, 0.25) is 0 Å². The van der Waals surface area contributed by atoms with Crippen LogP contribution in [0.3, 0.4) is 0 Å². The Morgan fingerprint density at radius 3 is 1.51 bits per heavy atom. The van der Waals surface area contributed by atoms with Gasteiger partial charge in [0.25, 0.3) is 0 Å². The zero-order valence-electron chi connectivity index (χ0n) is 20.1. The lowest BCUT2D eigenvalue weighted by atomic mass is 9.92. The average Bonchev–Trinajstić information content (AvgIpc) is 2.86. The number of phenols is 2. The highest BCUT2D eigenvalue weighted by atomic mass is 32.2. The van der Waals surface area contributed by atoms with Gasteiger partial charge in [0, 0.05) is 23.0 Å². The van der Waals surface area contributed by atoms with E-state index in [1.807, 2.05) is 0 Å². The Hall–Kier alpha value is -1.90. The lowest BCUT2D eigenvalue weighted by Crippen LogP contribution is -2.44. The largest absolute Gasteiger partial charge is 0.504 e. The molecule has 0 unspecified atom stereocenters. The van der Waals surface area contributed by atoms with Gasteiger partial charge in [0.15, 0.2) is 11.5 Å². The number of hydrogen-bond donors (Lipinski definition) is 5. The fourth-order valence-corrected chi connectivity index (χ4v) is 4.07. The number of benzene rings is 1. The summed E-state index contributed by atoms with van der Waals surface area (Å²) in [6.45, 7) is -1.41. The topological polar surface area (TPSA) is 146 Å². The standard InChI is InChI=1S/C23H32O10S4/c24-16-2-1-3-17(22(16)29)37-11-7-21(28)33-15-23(12-30-18(25)4-8-34,13-31-19(26)5-9-35)14-32-20(27)6-10-36/h1-3,24,29,34-36H,4-15H2. The van der Waals surface area contributed by atoms with Crippen LogP contribution >= 0.6 is 49.6 Å². The van der Waals surface area contributed by atoms with Gasteiger partial charge in [-0.3, -0.25) is 19.2 Å². The third kappa shape index (κ3) is 13.5. The van der Waals surface area contributed by atoms with Crippen molar-refractivity contribution in [3.8, 4) is 11.5 Å². The van der Waals surface area contributed by atoms with Crippen molar-refractivity contribution in [2.45, 2.75) is 30.6 Å². The minimum absolute atomic E-state index is 0.0248. The van der Waals surface area contributed by atoms with Crippen LogP contribution in [0.15, 0.2) is 23.1 Å². The summed E-state index contributed by atoms with van der Waals surface area (Å²) in [5.41, 5.74) is -1.35. The maximum absolute atomic E-state index is 12.5. The van der Waals surface area contributed by atoms with Crippen LogP contribution in [0.1, 0.15) is 25.7 Å². The van der Waals surface area contributed by atoms with Crippen molar-refractivity contribution in [2.24, 2.45) is 5.41 Å². The van der Waals surface area contributed by atoms with E-state index in [0.717, 1.165) is 11.8 Å². The molecule has 0 saturated heterocycles. The molecule has 0 bridgehead atoms. The van der Waals surface area contributed by atoms with E-state index in [4.69, 9.17) is 18.9 Å². The molecule has 0 aliphatic rings. The van der Waals surface area contributed by atoms with Crippen molar-refractivity contribution >= 4 is 73.5 Å². The Labute approximate surface area is 236 Å². The zero-order chi connectivity index (χ0) is 27.7. The van der Waals surface area contributed by atoms with Crippen molar-refractivity contribution < 1.29 is 48.3 Å². The number of esters is 4. The van der Waals surface area contributed by atoms with Crippen LogP contribution in [0.4, 0.5) is 0 Å². The number of phenolic OH excluding ortho intramolecular Hbond substituents is 2. The van der Waals surface area contributed by atoms with E-state index in [9.17, 15) is 29.4 Å². The van der Waals surface area contributed by atoms with E-state index < -0.39 is 29.3 Å². The number of aromatic hydroxyl groups is 2. The molecular formula is C23H32O10S4. The first kappa shape index (κ1) is 33.1. The van der Waals surface area contributed by atoms with Gasteiger partial charge in [-0.25, -0.2) is 0 Å². The summed E-state index contributed by atoms with van der Waals surface area (Å²) in [4.78, 5) is 48.8. The average molecular weight is 597 g/mol. The highest BCUT2D eigenvalue weighted by Crippen LogP contribution is 2.35. The van der Waals surface area contributed by atoms with Crippen molar-refractivity contribution in [1.29, 1.82) is 0 Å². The highest BCUT2D eigenvalue weighted by molar-refractivity contribution is 7.99. The second kappa shape index (κ2) is 18.4. The fraction of sp³-hybridized carbons (Fsp3) is 0.565. The molecule has 0 amide bonds. The van der Waals surface area contributed by atoms with E-state index in [-0.39, 0.29) is 86.6 Å². The lowest BCUT2D eigenvalue weighted by molar-refractivity contribution is -0.170. The first-order chi connectivity index (χ1) is 17.7. The van der Waals surface area contributed by atoms with Crippen LogP contribution in [-0.2, 0) is 38.1 Å². The molecule has 0 atom stereocenters. The van der Waals surface area contributed by atoms with E-state index >= 15 is 0 Å². The van der Waals surface area contributed by atoms with Gasteiger partial charge >= 0.3 is 23.9 Å². The van der Waals surface area contributed by atoms with Crippen LogP contribution in [-0.4, -0.2) is 83.5 Å². The van der Waals surface area contributed by atoms with Crippen LogP contribution in [0, 0.1) is 5.41 Å². The van der Waals surface area contributed by atoms with Crippen molar-refractivity contribution in [1.82, 2.24) is 0 Å². The predicted molar refractivity (Wildman–Crippen MR) is 147 cm³/mol. The Morgan fingerprint density at radius 1 is 0.703 bits per heavy atom. The van der Waals surface area contributed by atoms with Crippen molar-refractivity contribution in [3.05, 3.63) is 18.2 Å². The second-order valence-electron chi connectivity index (χ2n) is 7.79. The minimum atomic E-state index is -1.35. The zero-order valence-corrected chi connectivity index (χ0v) is 23.6. The molecule has 0 radical (unpaired) electrons. The van der Waals surface area contributed by atoms with Crippen molar-refractivity contribution in [2.75, 3.05) is 49.4 Å². The highest BCUT2D eigenvalue weighted by Gasteiger charge is 2.38. The summed E-state index contributed by atoms with van der Waals surface area (Å²) in [5, 5.41) is 19.5. The Morgan fingerprint density at radius 2 is 1.11 bits per heavy atom. The molecule has 37 heavy (non-hydrogen) atoms. The minimum Gasteiger partial charge on any atom is -0.504 e. The van der Waals surface area contributed by atoms with Crippen LogP contribution in [0.2, 0.25) is 0 Å². The Kier molecular flexibility index (Phi) is 16.4. The quantitative estimate of drug-likeness (QED) is 0.0561. The number of thiol groups is 3. The number of carbonyl (C=O) groups is 4. The lowest BCUT2D eigenvalue weighted by Gasteiger charge is -2.31. The smallest absolute Gasteiger partial charge is 0.306 e.